The number of primary sulfonamides is 1. The number of halogens is 1. The summed E-state index contributed by atoms with van der Waals surface area (Å²) in [5.74, 6) is 0.335. The van der Waals surface area contributed by atoms with Crippen LogP contribution in [-0.4, -0.2) is 23.2 Å². The summed E-state index contributed by atoms with van der Waals surface area (Å²) in [5.41, 5.74) is 3.42. The number of nitrogens with two attached hydrogens (primary N) is 1. The zero-order valence-electron chi connectivity index (χ0n) is 14.7. The quantitative estimate of drug-likeness (QED) is 0.760. The number of nitrogens with zero attached hydrogens (tertiary/aromatic N) is 3. The Morgan fingerprint density at radius 3 is 2.50 bits per heavy atom. The van der Waals surface area contributed by atoms with Gasteiger partial charge in [-0.3, -0.25) is 0 Å². The number of hydrogen-bond donors (Lipinski definition) is 1. The normalized spacial score (nSPS) is 11.7. The Morgan fingerprint density at radius 1 is 1.12 bits per heavy atom. The van der Waals surface area contributed by atoms with E-state index in [1.54, 1.807) is 6.92 Å². The van der Waals surface area contributed by atoms with Gasteiger partial charge in [0, 0.05) is 6.42 Å². The van der Waals surface area contributed by atoms with Crippen molar-refractivity contribution in [1.82, 2.24) is 14.8 Å². The first-order valence-electron chi connectivity index (χ1n) is 7.96. The first-order valence-corrected chi connectivity index (χ1v) is 9.51. The van der Waals surface area contributed by atoms with Gasteiger partial charge in [-0.25, -0.2) is 27.6 Å². The monoisotopic (exact) mass is 374 g/mol. The van der Waals surface area contributed by atoms with E-state index in [4.69, 9.17) is 5.14 Å². The van der Waals surface area contributed by atoms with Crippen LogP contribution in [0.5, 0.6) is 0 Å². The largest absolute Gasteiger partial charge is 0.238 e. The first kappa shape index (κ1) is 18.2. The molecule has 26 heavy (non-hydrogen) atoms. The van der Waals surface area contributed by atoms with Crippen LogP contribution in [0.2, 0.25) is 0 Å². The van der Waals surface area contributed by atoms with Gasteiger partial charge in [-0.2, -0.15) is 5.10 Å². The molecule has 1 heterocycles. The predicted molar refractivity (Wildman–Crippen MR) is 96.1 cm³/mol. The van der Waals surface area contributed by atoms with Gasteiger partial charge in [0.25, 0.3) is 0 Å². The molecule has 2 N–H and O–H groups in total. The van der Waals surface area contributed by atoms with Crippen LogP contribution < -0.4 is 5.14 Å². The summed E-state index contributed by atoms with van der Waals surface area (Å²) in [5, 5.41) is 9.32. The fraction of sp³-hybridized carbons (Fsp3) is 0.222. The van der Waals surface area contributed by atoms with Crippen molar-refractivity contribution < 1.29 is 12.8 Å². The summed E-state index contributed by atoms with van der Waals surface area (Å²) in [6, 6.07) is 9.61. The molecule has 6 nitrogen and oxygen atoms in total. The first-order chi connectivity index (χ1) is 12.1. The number of aryl methyl sites for hydroxylation is 3. The SMILES string of the molecule is Cc1ccc(C)c(Cc2nc(C)nn2-c2ccc(S(N)(=O)=O)cc2F)c1. The summed E-state index contributed by atoms with van der Waals surface area (Å²) in [4.78, 5) is 4.12. The topological polar surface area (TPSA) is 90.9 Å². The van der Waals surface area contributed by atoms with E-state index in [0.717, 1.165) is 22.8 Å². The highest BCUT2D eigenvalue weighted by Gasteiger charge is 2.17. The highest BCUT2D eigenvalue weighted by atomic mass is 32.2. The molecule has 0 amide bonds. The Balaban J connectivity index is 2.06. The van der Waals surface area contributed by atoms with Crippen molar-refractivity contribution >= 4 is 10.0 Å². The Morgan fingerprint density at radius 2 is 1.85 bits per heavy atom. The van der Waals surface area contributed by atoms with Crippen LogP contribution in [0.4, 0.5) is 4.39 Å². The van der Waals surface area contributed by atoms with Crippen molar-refractivity contribution in [2.45, 2.75) is 32.1 Å². The maximum absolute atomic E-state index is 14.5. The molecule has 2 aromatic carbocycles. The van der Waals surface area contributed by atoms with Crippen LogP contribution >= 0.6 is 0 Å². The molecule has 0 bridgehead atoms. The Labute approximate surface area is 151 Å². The Kier molecular flexibility index (Phi) is 4.64. The van der Waals surface area contributed by atoms with Crippen LogP contribution in [0.25, 0.3) is 5.69 Å². The minimum absolute atomic E-state index is 0.123. The van der Waals surface area contributed by atoms with Gasteiger partial charge >= 0.3 is 0 Å². The zero-order valence-corrected chi connectivity index (χ0v) is 15.5. The second-order valence-corrected chi connectivity index (χ2v) is 7.81. The number of benzene rings is 2. The van der Waals surface area contributed by atoms with Crippen LogP contribution in [0.15, 0.2) is 41.3 Å². The van der Waals surface area contributed by atoms with Crippen LogP contribution in [0.3, 0.4) is 0 Å². The highest BCUT2D eigenvalue weighted by molar-refractivity contribution is 7.89. The number of aromatic nitrogens is 3. The highest BCUT2D eigenvalue weighted by Crippen LogP contribution is 2.21. The van der Waals surface area contributed by atoms with Gasteiger partial charge < -0.3 is 0 Å². The summed E-state index contributed by atoms with van der Waals surface area (Å²) in [7, 11) is -3.97. The van der Waals surface area contributed by atoms with Crippen LogP contribution in [-0.2, 0) is 16.4 Å². The maximum atomic E-state index is 14.5. The van der Waals surface area contributed by atoms with Gasteiger partial charge in [-0.05, 0) is 50.1 Å². The summed E-state index contributed by atoms with van der Waals surface area (Å²) in [6.07, 6.45) is 0.477. The standard InChI is InChI=1S/C18H19FN4O2S/c1-11-4-5-12(2)14(8-11)9-18-21-13(3)22-23(18)17-7-6-15(10-16(17)19)26(20,24)25/h4-8,10H,9H2,1-3H3,(H2,20,24,25). The van der Waals surface area contributed by atoms with E-state index >= 15 is 0 Å². The molecule has 0 atom stereocenters. The average molecular weight is 374 g/mol. The number of rotatable bonds is 4. The minimum atomic E-state index is -3.97. The lowest BCUT2D eigenvalue weighted by Crippen LogP contribution is -2.13. The fourth-order valence-corrected chi connectivity index (χ4v) is 3.29. The molecular formula is C18H19FN4O2S. The van der Waals surface area contributed by atoms with E-state index in [1.165, 1.54) is 16.8 Å². The minimum Gasteiger partial charge on any atom is -0.225 e. The summed E-state index contributed by atoms with van der Waals surface area (Å²) >= 11 is 0. The molecule has 136 valence electrons. The van der Waals surface area contributed by atoms with E-state index in [9.17, 15) is 12.8 Å². The number of hydrogen-bond acceptors (Lipinski definition) is 4. The molecular weight excluding hydrogens is 355 g/mol. The molecule has 3 rings (SSSR count). The second kappa shape index (κ2) is 6.62. The van der Waals surface area contributed by atoms with E-state index in [2.05, 4.69) is 16.1 Å². The number of sulfonamides is 1. The Hall–Kier alpha value is -2.58. The van der Waals surface area contributed by atoms with Gasteiger partial charge in [-0.15, -0.1) is 0 Å². The van der Waals surface area contributed by atoms with Gasteiger partial charge in [0.1, 0.15) is 23.2 Å². The fourth-order valence-electron chi connectivity index (χ4n) is 2.76. The third kappa shape index (κ3) is 3.66. The van der Waals surface area contributed by atoms with Crippen LogP contribution in [0, 0.1) is 26.6 Å². The smallest absolute Gasteiger partial charge is 0.225 e. The maximum Gasteiger partial charge on any atom is 0.238 e. The van der Waals surface area contributed by atoms with Crippen molar-refractivity contribution in [3.05, 3.63) is 70.6 Å². The molecule has 3 aromatic rings. The van der Waals surface area contributed by atoms with Crippen LogP contribution in [0.1, 0.15) is 28.3 Å². The third-order valence-electron chi connectivity index (χ3n) is 4.11. The molecule has 1 aromatic heterocycles. The van der Waals surface area contributed by atoms with Crippen molar-refractivity contribution in [2.75, 3.05) is 0 Å². The predicted octanol–water partition coefficient (Wildman–Crippen LogP) is 2.57. The van der Waals surface area contributed by atoms with Crippen molar-refractivity contribution in [2.24, 2.45) is 5.14 Å². The third-order valence-corrected chi connectivity index (χ3v) is 5.02. The van der Waals surface area contributed by atoms with E-state index < -0.39 is 15.8 Å². The van der Waals surface area contributed by atoms with E-state index in [-0.39, 0.29) is 10.6 Å². The Bertz CT molecular complexity index is 1090. The van der Waals surface area contributed by atoms with Gasteiger partial charge in [0.15, 0.2) is 0 Å². The molecule has 0 aliphatic carbocycles. The average Bonchev–Trinajstić information content (AvgIpc) is 2.90. The summed E-state index contributed by atoms with van der Waals surface area (Å²) < 4.78 is 38.7. The molecule has 0 spiro atoms. The molecule has 0 aliphatic rings. The lowest BCUT2D eigenvalue weighted by atomic mass is 10.0. The molecule has 0 radical (unpaired) electrons. The van der Waals surface area contributed by atoms with Crippen molar-refractivity contribution in [1.29, 1.82) is 0 Å². The van der Waals surface area contributed by atoms with E-state index in [0.29, 0.717) is 18.1 Å². The lowest BCUT2D eigenvalue weighted by Gasteiger charge is -2.10. The molecule has 0 unspecified atom stereocenters. The zero-order chi connectivity index (χ0) is 19.1. The van der Waals surface area contributed by atoms with Crippen molar-refractivity contribution in [3.63, 3.8) is 0 Å². The molecule has 8 heteroatoms. The lowest BCUT2D eigenvalue weighted by molar-refractivity contribution is 0.587. The molecule has 0 saturated heterocycles. The second-order valence-electron chi connectivity index (χ2n) is 6.25. The van der Waals surface area contributed by atoms with Gasteiger partial charge in [0.2, 0.25) is 10.0 Å². The molecule has 0 fully saturated rings. The van der Waals surface area contributed by atoms with Gasteiger partial charge in [0.05, 0.1) is 4.90 Å². The molecule has 0 saturated carbocycles. The molecule has 0 aliphatic heterocycles. The van der Waals surface area contributed by atoms with Gasteiger partial charge in [-0.1, -0.05) is 23.8 Å². The van der Waals surface area contributed by atoms with E-state index in [1.807, 2.05) is 26.0 Å². The van der Waals surface area contributed by atoms with Crippen molar-refractivity contribution in [3.8, 4) is 5.69 Å². The summed E-state index contributed by atoms with van der Waals surface area (Å²) in [6.45, 7) is 5.73.